The lowest BCUT2D eigenvalue weighted by Crippen LogP contribution is -2.25. The predicted octanol–water partition coefficient (Wildman–Crippen LogP) is 3.30. The molecule has 0 amide bonds. The Kier molecular flexibility index (Phi) is 4.79. The number of hydrogen-bond acceptors (Lipinski definition) is 3. The van der Waals surface area contributed by atoms with Crippen molar-refractivity contribution >= 4 is 11.6 Å². The first-order valence-electron chi connectivity index (χ1n) is 8.11. The van der Waals surface area contributed by atoms with E-state index < -0.39 is 0 Å². The molecule has 1 aliphatic rings. The molecule has 5 nitrogen and oxygen atoms in total. The van der Waals surface area contributed by atoms with E-state index in [0.29, 0.717) is 24.0 Å². The van der Waals surface area contributed by atoms with Crippen LogP contribution in [-0.4, -0.2) is 26.7 Å². The summed E-state index contributed by atoms with van der Waals surface area (Å²) in [6.45, 7) is 0.530. The highest BCUT2D eigenvalue weighted by molar-refractivity contribution is 5.92. The second-order valence-electron chi connectivity index (χ2n) is 6.19. The molecular weight excluding hydrogens is 321 g/mol. The van der Waals surface area contributed by atoms with Crippen LogP contribution in [0.5, 0.6) is 11.5 Å². The van der Waals surface area contributed by atoms with E-state index in [2.05, 4.69) is 10.3 Å². The maximum absolute atomic E-state index is 13.4. The summed E-state index contributed by atoms with van der Waals surface area (Å²) in [6.07, 6.45) is 1.98. The fraction of sp³-hybridized carbons (Fsp3) is 0.316. The lowest BCUT2D eigenvalue weighted by molar-refractivity contribution is 0.355. The van der Waals surface area contributed by atoms with E-state index in [1.54, 1.807) is 38.5 Å². The molecule has 3 rings (SSSR count). The highest BCUT2D eigenvalue weighted by Crippen LogP contribution is 2.48. The van der Waals surface area contributed by atoms with Gasteiger partial charge in [-0.05, 0) is 42.7 Å². The van der Waals surface area contributed by atoms with Crippen molar-refractivity contribution in [1.29, 1.82) is 0 Å². The van der Waals surface area contributed by atoms with Gasteiger partial charge >= 0.3 is 0 Å². The lowest BCUT2D eigenvalue weighted by atomic mass is 9.96. The van der Waals surface area contributed by atoms with Crippen LogP contribution < -0.4 is 20.5 Å². The van der Waals surface area contributed by atoms with Gasteiger partial charge in [0.15, 0.2) is 17.5 Å². The molecule has 0 unspecified atom stereocenters. The third-order valence-electron chi connectivity index (χ3n) is 4.50. The second kappa shape index (κ2) is 7.01. The molecule has 1 saturated carbocycles. The number of anilines is 1. The SMILES string of the molecule is COc1ccc(NC(N)=NCC2(c3cccc(F)c3)CC2)cc1OC. The van der Waals surface area contributed by atoms with E-state index in [0.717, 1.165) is 24.1 Å². The minimum absolute atomic E-state index is 0.0913. The number of guanidine groups is 1. The lowest BCUT2D eigenvalue weighted by Gasteiger charge is -2.14. The summed E-state index contributed by atoms with van der Waals surface area (Å²) in [7, 11) is 3.16. The van der Waals surface area contributed by atoms with Crippen LogP contribution in [0, 0.1) is 5.82 Å². The normalized spacial score (nSPS) is 15.6. The number of aliphatic imine (C=N–C) groups is 1. The quantitative estimate of drug-likeness (QED) is 0.624. The molecule has 2 aromatic carbocycles. The second-order valence-corrected chi connectivity index (χ2v) is 6.19. The van der Waals surface area contributed by atoms with Crippen LogP contribution in [0.1, 0.15) is 18.4 Å². The molecule has 2 aromatic rings. The number of benzene rings is 2. The first-order valence-corrected chi connectivity index (χ1v) is 8.11. The standard InChI is InChI=1S/C19H22FN3O2/c1-24-16-7-6-15(11-17(16)25-2)23-18(21)22-12-19(8-9-19)13-4-3-5-14(20)10-13/h3-7,10-11H,8-9,12H2,1-2H3,(H3,21,22,23). The van der Waals surface area contributed by atoms with Gasteiger partial charge in [-0.3, -0.25) is 4.99 Å². The van der Waals surface area contributed by atoms with Crippen molar-refractivity contribution < 1.29 is 13.9 Å². The molecule has 132 valence electrons. The Morgan fingerprint density at radius 2 is 1.92 bits per heavy atom. The summed E-state index contributed by atoms with van der Waals surface area (Å²) in [5, 5.41) is 3.05. The molecule has 3 N–H and O–H groups in total. The Balaban J connectivity index is 1.68. The monoisotopic (exact) mass is 343 g/mol. The van der Waals surface area contributed by atoms with Gasteiger partial charge in [-0.2, -0.15) is 0 Å². The Labute approximate surface area is 146 Å². The number of hydrogen-bond donors (Lipinski definition) is 2. The van der Waals surface area contributed by atoms with Gasteiger partial charge < -0.3 is 20.5 Å². The summed E-state index contributed by atoms with van der Waals surface area (Å²) >= 11 is 0. The Morgan fingerprint density at radius 1 is 1.16 bits per heavy atom. The zero-order valence-corrected chi connectivity index (χ0v) is 14.4. The molecule has 0 saturated heterocycles. The van der Waals surface area contributed by atoms with Crippen molar-refractivity contribution in [3.8, 4) is 11.5 Å². The summed E-state index contributed by atoms with van der Waals surface area (Å²) in [4.78, 5) is 4.45. The molecule has 1 fully saturated rings. The number of ether oxygens (including phenoxy) is 2. The molecule has 0 aromatic heterocycles. The fourth-order valence-electron chi connectivity index (χ4n) is 2.85. The molecule has 0 atom stereocenters. The molecule has 25 heavy (non-hydrogen) atoms. The first kappa shape index (κ1) is 17.1. The smallest absolute Gasteiger partial charge is 0.193 e. The summed E-state index contributed by atoms with van der Waals surface area (Å²) in [6, 6.07) is 12.1. The average Bonchev–Trinajstić information content (AvgIpc) is 3.41. The molecule has 0 bridgehead atoms. The van der Waals surface area contributed by atoms with Gasteiger partial charge in [0.25, 0.3) is 0 Å². The number of rotatable bonds is 6. The van der Waals surface area contributed by atoms with Crippen molar-refractivity contribution in [3.63, 3.8) is 0 Å². The van der Waals surface area contributed by atoms with E-state index in [1.165, 1.54) is 6.07 Å². The van der Waals surface area contributed by atoms with Crippen molar-refractivity contribution in [3.05, 3.63) is 53.8 Å². The van der Waals surface area contributed by atoms with Crippen LogP contribution in [0.15, 0.2) is 47.5 Å². The van der Waals surface area contributed by atoms with Gasteiger partial charge in [0.05, 0.1) is 20.8 Å². The van der Waals surface area contributed by atoms with Gasteiger partial charge in [-0.25, -0.2) is 4.39 Å². The van der Waals surface area contributed by atoms with E-state index in [9.17, 15) is 4.39 Å². The minimum atomic E-state index is -0.218. The molecule has 0 aliphatic heterocycles. The fourth-order valence-corrected chi connectivity index (χ4v) is 2.85. The van der Waals surface area contributed by atoms with Crippen molar-refractivity contribution in [2.24, 2.45) is 10.7 Å². The zero-order chi connectivity index (χ0) is 17.9. The maximum atomic E-state index is 13.4. The molecule has 1 aliphatic carbocycles. The number of nitrogens with one attached hydrogen (secondary N) is 1. The van der Waals surface area contributed by atoms with E-state index in [-0.39, 0.29) is 11.2 Å². The van der Waals surface area contributed by atoms with Gasteiger partial charge in [-0.15, -0.1) is 0 Å². The van der Waals surface area contributed by atoms with Crippen molar-refractivity contribution in [2.45, 2.75) is 18.3 Å². The van der Waals surface area contributed by atoms with Crippen LogP contribution in [0.2, 0.25) is 0 Å². The van der Waals surface area contributed by atoms with Gasteiger partial charge in [0.1, 0.15) is 5.82 Å². The highest BCUT2D eigenvalue weighted by atomic mass is 19.1. The van der Waals surface area contributed by atoms with Crippen LogP contribution >= 0.6 is 0 Å². The van der Waals surface area contributed by atoms with E-state index >= 15 is 0 Å². The van der Waals surface area contributed by atoms with Gasteiger partial charge in [0, 0.05) is 17.2 Å². The molecular formula is C19H22FN3O2. The van der Waals surface area contributed by atoms with Crippen LogP contribution in [-0.2, 0) is 5.41 Å². The minimum Gasteiger partial charge on any atom is -0.493 e. The highest BCUT2D eigenvalue weighted by Gasteiger charge is 2.44. The number of halogens is 1. The molecule has 0 spiro atoms. The Morgan fingerprint density at radius 3 is 2.56 bits per heavy atom. The third kappa shape index (κ3) is 3.84. The van der Waals surface area contributed by atoms with Crippen LogP contribution in [0.4, 0.5) is 10.1 Å². The summed E-state index contributed by atoms with van der Waals surface area (Å²) in [5.41, 5.74) is 7.65. The Bertz CT molecular complexity index is 788. The summed E-state index contributed by atoms with van der Waals surface area (Å²) in [5.74, 6) is 1.35. The van der Waals surface area contributed by atoms with Gasteiger partial charge in [-0.1, -0.05) is 12.1 Å². The maximum Gasteiger partial charge on any atom is 0.193 e. The molecule has 0 heterocycles. The number of nitrogens with two attached hydrogens (primary N) is 1. The Hall–Kier alpha value is -2.76. The number of nitrogens with zero attached hydrogens (tertiary/aromatic N) is 1. The third-order valence-corrected chi connectivity index (χ3v) is 4.50. The van der Waals surface area contributed by atoms with E-state index in [1.807, 2.05) is 12.1 Å². The van der Waals surface area contributed by atoms with Crippen LogP contribution in [0.3, 0.4) is 0 Å². The molecule has 6 heteroatoms. The largest absolute Gasteiger partial charge is 0.493 e. The molecule has 0 radical (unpaired) electrons. The van der Waals surface area contributed by atoms with E-state index in [4.69, 9.17) is 15.2 Å². The zero-order valence-electron chi connectivity index (χ0n) is 14.4. The van der Waals surface area contributed by atoms with Gasteiger partial charge in [0.2, 0.25) is 0 Å². The average molecular weight is 343 g/mol. The predicted molar refractivity (Wildman–Crippen MR) is 97.0 cm³/mol. The number of methoxy groups -OCH3 is 2. The van der Waals surface area contributed by atoms with Crippen LogP contribution in [0.25, 0.3) is 0 Å². The summed E-state index contributed by atoms with van der Waals surface area (Å²) < 4.78 is 23.9. The van der Waals surface area contributed by atoms with Crippen molar-refractivity contribution in [1.82, 2.24) is 0 Å². The van der Waals surface area contributed by atoms with Crippen molar-refractivity contribution in [2.75, 3.05) is 26.1 Å². The topological polar surface area (TPSA) is 68.9 Å². The first-order chi connectivity index (χ1) is 12.1.